The van der Waals surface area contributed by atoms with E-state index in [1.807, 2.05) is 61.5 Å². The summed E-state index contributed by atoms with van der Waals surface area (Å²) in [6.07, 6.45) is 0.769. The zero-order chi connectivity index (χ0) is 21.0. The van der Waals surface area contributed by atoms with E-state index in [1.165, 1.54) is 0 Å². The van der Waals surface area contributed by atoms with Gasteiger partial charge < -0.3 is 15.4 Å². The minimum absolute atomic E-state index is 0.0666. The average Bonchev–Trinajstić information content (AvgIpc) is 2.73. The van der Waals surface area contributed by atoms with Gasteiger partial charge in [0.25, 0.3) is 0 Å². The van der Waals surface area contributed by atoms with Crippen molar-refractivity contribution in [2.75, 3.05) is 32.5 Å². The number of para-hydroxylation sites is 1. The fourth-order valence-corrected chi connectivity index (χ4v) is 3.57. The first-order valence-corrected chi connectivity index (χ1v) is 11.3. The molecule has 0 aliphatic rings. The van der Waals surface area contributed by atoms with Crippen molar-refractivity contribution in [2.45, 2.75) is 19.9 Å². The molecule has 0 aliphatic carbocycles. The van der Waals surface area contributed by atoms with Crippen molar-refractivity contribution >= 4 is 16.0 Å². The molecule has 0 spiro atoms. The van der Waals surface area contributed by atoms with Crippen molar-refractivity contribution in [3.63, 3.8) is 0 Å². The maximum Gasteiger partial charge on any atom is 0.213 e. The summed E-state index contributed by atoms with van der Waals surface area (Å²) in [6.45, 7) is 3.78. The Morgan fingerprint density at radius 3 is 2.48 bits per heavy atom. The largest absolute Gasteiger partial charge is 0.496 e. The first-order chi connectivity index (χ1) is 14.0. The maximum atomic E-state index is 12.2. The Morgan fingerprint density at radius 1 is 1.03 bits per heavy atom. The summed E-state index contributed by atoms with van der Waals surface area (Å²) in [4.78, 5) is 4.37. The molecule has 2 rings (SSSR count). The van der Waals surface area contributed by atoms with Gasteiger partial charge in [0.2, 0.25) is 10.0 Å². The number of sulfonamides is 1. The molecule has 2 aromatic carbocycles. The van der Waals surface area contributed by atoms with Crippen LogP contribution in [0, 0.1) is 0 Å². The molecular formula is C21H30N4O3S. The van der Waals surface area contributed by atoms with Gasteiger partial charge in [-0.1, -0.05) is 48.5 Å². The number of rotatable bonds is 11. The SMILES string of the molecule is CCNC(=NCCS(=O)(=O)NCc1ccccc1)NCCc1ccccc1OC. The van der Waals surface area contributed by atoms with Gasteiger partial charge in [-0.25, -0.2) is 13.1 Å². The number of hydrogen-bond acceptors (Lipinski definition) is 4. The molecule has 0 amide bonds. The lowest BCUT2D eigenvalue weighted by Gasteiger charge is -2.13. The number of benzene rings is 2. The van der Waals surface area contributed by atoms with E-state index in [9.17, 15) is 8.42 Å². The topological polar surface area (TPSA) is 91.8 Å². The quantitative estimate of drug-likeness (QED) is 0.383. The van der Waals surface area contributed by atoms with E-state index >= 15 is 0 Å². The average molecular weight is 419 g/mol. The van der Waals surface area contributed by atoms with Crippen molar-refractivity contribution in [3.05, 3.63) is 65.7 Å². The van der Waals surface area contributed by atoms with E-state index in [0.29, 0.717) is 19.0 Å². The Kier molecular flexibility index (Phi) is 9.46. The molecule has 3 N–H and O–H groups in total. The zero-order valence-corrected chi connectivity index (χ0v) is 17.8. The van der Waals surface area contributed by atoms with E-state index in [0.717, 1.165) is 23.3 Å². The summed E-state index contributed by atoms with van der Waals surface area (Å²) in [7, 11) is -1.74. The highest BCUT2D eigenvalue weighted by molar-refractivity contribution is 7.89. The number of nitrogens with one attached hydrogen (secondary N) is 3. The van der Waals surface area contributed by atoms with Crippen LogP contribution in [0.25, 0.3) is 0 Å². The van der Waals surface area contributed by atoms with E-state index in [4.69, 9.17) is 4.74 Å². The van der Waals surface area contributed by atoms with Gasteiger partial charge >= 0.3 is 0 Å². The number of nitrogens with zero attached hydrogens (tertiary/aromatic N) is 1. The molecule has 0 unspecified atom stereocenters. The molecule has 29 heavy (non-hydrogen) atoms. The Balaban J connectivity index is 1.81. The fraction of sp³-hybridized carbons (Fsp3) is 0.381. The van der Waals surface area contributed by atoms with Crippen LogP contribution in [0.1, 0.15) is 18.1 Å². The number of aliphatic imine (C=N–C) groups is 1. The van der Waals surface area contributed by atoms with Crippen molar-refractivity contribution in [1.82, 2.24) is 15.4 Å². The van der Waals surface area contributed by atoms with Crippen molar-refractivity contribution in [3.8, 4) is 5.75 Å². The van der Waals surface area contributed by atoms with Gasteiger partial charge in [0.1, 0.15) is 5.75 Å². The first-order valence-electron chi connectivity index (χ1n) is 9.69. The standard InChI is InChI=1S/C21H30N4O3S/c1-3-22-21(23-14-13-19-11-7-8-12-20(19)28-2)24-15-16-29(26,27)25-17-18-9-5-4-6-10-18/h4-12,25H,3,13-17H2,1-2H3,(H2,22,23,24). The van der Waals surface area contributed by atoms with Crippen LogP contribution in [0.15, 0.2) is 59.6 Å². The van der Waals surface area contributed by atoms with Crippen molar-refractivity contribution in [1.29, 1.82) is 0 Å². The van der Waals surface area contributed by atoms with Gasteiger partial charge in [0.05, 0.1) is 19.4 Å². The number of guanidine groups is 1. The first kappa shape index (κ1) is 22.7. The lowest BCUT2D eigenvalue weighted by Crippen LogP contribution is -2.39. The summed E-state index contributed by atoms with van der Waals surface area (Å²) in [6, 6.07) is 17.3. The summed E-state index contributed by atoms with van der Waals surface area (Å²) in [5.74, 6) is 1.38. The molecule has 8 heteroatoms. The Hall–Kier alpha value is -2.58. The molecule has 158 valence electrons. The van der Waals surface area contributed by atoms with Crippen molar-refractivity contribution in [2.24, 2.45) is 4.99 Å². The summed E-state index contributed by atoms with van der Waals surface area (Å²) >= 11 is 0. The van der Waals surface area contributed by atoms with Gasteiger partial charge in [-0.05, 0) is 30.5 Å². The highest BCUT2D eigenvalue weighted by atomic mass is 32.2. The minimum atomic E-state index is -3.39. The second-order valence-corrected chi connectivity index (χ2v) is 8.30. The van der Waals surface area contributed by atoms with Crippen LogP contribution < -0.4 is 20.1 Å². The predicted molar refractivity (Wildman–Crippen MR) is 118 cm³/mol. The lowest BCUT2D eigenvalue weighted by molar-refractivity contribution is 0.409. The minimum Gasteiger partial charge on any atom is -0.496 e. The second-order valence-electron chi connectivity index (χ2n) is 6.37. The van der Waals surface area contributed by atoms with E-state index < -0.39 is 10.0 Å². The van der Waals surface area contributed by atoms with Crippen LogP contribution in [-0.2, 0) is 23.0 Å². The normalized spacial score (nSPS) is 11.9. The number of methoxy groups -OCH3 is 1. The van der Waals surface area contributed by atoms with Gasteiger partial charge in [-0.3, -0.25) is 4.99 Å². The lowest BCUT2D eigenvalue weighted by atomic mass is 10.1. The summed E-state index contributed by atoms with van der Waals surface area (Å²) < 4.78 is 32.3. The fourth-order valence-electron chi connectivity index (χ4n) is 2.71. The Morgan fingerprint density at radius 2 is 1.76 bits per heavy atom. The molecule has 0 saturated carbocycles. The monoisotopic (exact) mass is 418 g/mol. The summed E-state index contributed by atoms with van der Waals surface area (Å²) in [5, 5.41) is 6.37. The molecule has 0 bridgehead atoms. The molecule has 0 fully saturated rings. The molecule has 2 aromatic rings. The third-order valence-electron chi connectivity index (χ3n) is 4.19. The van der Waals surface area contributed by atoms with Crippen LogP contribution in [0.3, 0.4) is 0 Å². The molecule has 0 aliphatic heterocycles. The van der Waals surface area contributed by atoms with Crippen LogP contribution in [-0.4, -0.2) is 46.9 Å². The summed E-state index contributed by atoms with van der Waals surface area (Å²) in [5.41, 5.74) is 2.02. The highest BCUT2D eigenvalue weighted by Crippen LogP contribution is 2.17. The maximum absolute atomic E-state index is 12.2. The number of ether oxygens (including phenoxy) is 1. The van der Waals surface area contributed by atoms with Gasteiger partial charge in [-0.2, -0.15) is 0 Å². The molecule has 7 nitrogen and oxygen atoms in total. The van der Waals surface area contributed by atoms with Gasteiger partial charge in [0, 0.05) is 19.6 Å². The van der Waals surface area contributed by atoms with E-state index in [1.54, 1.807) is 7.11 Å². The zero-order valence-electron chi connectivity index (χ0n) is 17.0. The van der Waals surface area contributed by atoms with Crippen LogP contribution in [0.5, 0.6) is 5.75 Å². The van der Waals surface area contributed by atoms with Crippen LogP contribution in [0.4, 0.5) is 0 Å². The van der Waals surface area contributed by atoms with E-state index in [-0.39, 0.29) is 18.8 Å². The molecular weight excluding hydrogens is 388 g/mol. The molecule has 0 saturated heterocycles. The second kappa shape index (κ2) is 12.1. The van der Waals surface area contributed by atoms with Crippen LogP contribution in [0.2, 0.25) is 0 Å². The van der Waals surface area contributed by atoms with Gasteiger partial charge in [-0.15, -0.1) is 0 Å². The number of hydrogen-bond donors (Lipinski definition) is 3. The molecule has 0 heterocycles. The van der Waals surface area contributed by atoms with E-state index in [2.05, 4.69) is 20.3 Å². The Bertz CT molecular complexity index is 871. The molecule has 0 aromatic heterocycles. The smallest absolute Gasteiger partial charge is 0.213 e. The van der Waals surface area contributed by atoms with Gasteiger partial charge in [0.15, 0.2) is 5.96 Å². The highest BCUT2D eigenvalue weighted by Gasteiger charge is 2.10. The predicted octanol–water partition coefficient (Wildman–Crippen LogP) is 1.91. The molecule has 0 atom stereocenters. The third-order valence-corrected chi connectivity index (χ3v) is 5.50. The third kappa shape index (κ3) is 8.53. The molecule has 0 radical (unpaired) electrons. The van der Waals surface area contributed by atoms with Crippen molar-refractivity contribution < 1.29 is 13.2 Å². The van der Waals surface area contributed by atoms with Crippen LogP contribution >= 0.6 is 0 Å². The Labute approximate surface area is 173 Å².